The van der Waals surface area contributed by atoms with Crippen LogP contribution in [0.5, 0.6) is 11.5 Å². The van der Waals surface area contributed by atoms with E-state index in [4.69, 9.17) is 15.2 Å². The third kappa shape index (κ3) is 4.25. The van der Waals surface area contributed by atoms with E-state index in [1.165, 1.54) is 11.9 Å². The Balaban J connectivity index is 1.85. The Kier molecular flexibility index (Phi) is 5.84. The third-order valence-corrected chi connectivity index (χ3v) is 4.38. The standard InChI is InChI=1S/C21H25N5O2/c1-13(2)14-5-7-15(8-6-14)25-20-19(22)21(24-12-23-20)26-17-11-16(27-3)9-10-18(17)28-4/h5-13H,22H2,1-4H3,(H2,23,24,25,26). The maximum atomic E-state index is 6.30. The van der Waals surface area contributed by atoms with E-state index in [0.29, 0.717) is 40.4 Å². The molecule has 0 fully saturated rings. The first-order valence-electron chi connectivity index (χ1n) is 8.98. The second kappa shape index (κ2) is 8.47. The van der Waals surface area contributed by atoms with Crippen molar-refractivity contribution in [1.82, 2.24) is 9.97 Å². The lowest BCUT2D eigenvalue weighted by molar-refractivity contribution is 0.405. The lowest BCUT2D eigenvalue weighted by Gasteiger charge is -2.15. The molecule has 0 spiro atoms. The zero-order valence-corrected chi connectivity index (χ0v) is 16.5. The van der Waals surface area contributed by atoms with Crippen molar-refractivity contribution in [2.45, 2.75) is 19.8 Å². The molecular formula is C21H25N5O2. The van der Waals surface area contributed by atoms with E-state index in [0.717, 1.165) is 5.69 Å². The maximum Gasteiger partial charge on any atom is 0.159 e. The van der Waals surface area contributed by atoms with Crippen molar-refractivity contribution in [3.05, 3.63) is 54.4 Å². The quantitative estimate of drug-likeness (QED) is 0.548. The number of nitrogens with zero attached hydrogens (tertiary/aromatic N) is 2. The van der Waals surface area contributed by atoms with Gasteiger partial charge in [0.1, 0.15) is 23.5 Å². The van der Waals surface area contributed by atoms with Crippen LogP contribution in [0.1, 0.15) is 25.3 Å². The molecule has 3 rings (SSSR count). The molecule has 0 aliphatic rings. The van der Waals surface area contributed by atoms with E-state index in [-0.39, 0.29) is 0 Å². The number of hydrogen-bond acceptors (Lipinski definition) is 7. The first kappa shape index (κ1) is 19.3. The molecular weight excluding hydrogens is 354 g/mol. The molecule has 0 radical (unpaired) electrons. The first-order chi connectivity index (χ1) is 13.5. The van der Waals surface area contributed by atoms with Crippen LogP contribution in [0.25, 0.3) is 0 Å². The monoisotopic (exact) mass is 379 g/mol. The van der Waals surface area contributed by atoms with Crippen molar-refractivity contribution in [3.8, 4) is 11.5 Å². The van der Waals surface area contributed by atoms with E-state index < -0.39 is 0 Å². The van der Waals surface area contributed by atoms with Crippen molar-refractivity contribution in [3.63, 3.8) is 0 Å². The summed E-state index contributed by atoms with van der Waals surface area (Å²) in [4.78, 5) is 8.53. The van der Waals surface area contributed by atoms with E-state index in [1.54, 1.807) is 14.2 Å². The molecule has 0 bridgehead atoms. The van der Waals surface area contributed by atoms with Crippen LogP contribution >= 0.6 is 0 Å². The zero-order chi connectivity index (χ0) is 20.1. The fourth-order valence-electron chi connectivity index (χ4n) is 2.72. The normalized spacial score (nSPS) is 10.6. The highest BCUT2D eigenvalue weighted by molar-refractivity contribution is 5.81. The molecule has 0 saturated carbocycles. The van der Waals surface area contributed by atoms with Gasteiger partial charge >= 0.3 is 0 Å². The predicted octanol–water partition coefficient (Wildman–Crippen LogP) is 4.69. The Morgan fingerprint density at radius 2 is 1.57 bits per heavy atom. The lowest BCUT2D eigenvalue weighted by atomic mass is 10.0. The number of aromatic nitrogens is 2. The highest BCUT2D eigenvalue weighted by Crippen LogP contribution is 2.34. The smallest absolute Gasteiger partial charge is 0.159 e. The number of ether oxygens (including phenoxy) is 2. The molecule has 28 heavy (non-hydrogen) atoms. The van der Waals surface area contributed by atoms with E-state index in [1.807, 2.05) is 30.3 Å². The van der Waals surface area contributed by atoms with Crippen LogP contribution in [0, 0.1) is 0 Å². The number of nitrogens with two attached hydrogens (primary N) is 1. The summed E-state index contributed by atoms with van der Waals surface area (Å²) in [6, 6.07) is 13.6. The summed E-state index contributed by atoms with van der Waals surface area (Å²) in [5.41, 5.74) is 9.57. The number of benzene rings is 2. The van der Waals surface area contributed by atoms with E-state index >= 15 is 0 Å². The minimum absolute atomic E-state index is 0.403. The van der Waals surface area contributed by atoms with Crippen LogP contribution in [-0.4, -0.2) is 24.2 Å². The molecule has 0 unspecified atom stereocenters. The fourth-order valence-corrected chi connectivity index (χ4v) is 2.72. The minimum atomic E-state index is 0.403. The van der Waals surface area contributed by atoms with E-state index in [9.17, 15) is 0 Å². The average Bonchev–Trinajstić information content (AvgIpc) is 2.71. The Hall–Kier alpha value is -3.48. The van der Waals surface area contributed by atoms with Crippen LogP contribution in [-0.2, 0) is 0 Å². The van der Waals surface area contributed by atoms with Crippen molar-refractivity contribution in [2.75, 3.05) is 30.6 Å². The summed E-state index contributed by atoms with van der Waals surface area (Å²) >= 11 is 0. The van der Waals surface area contributed by atoms with Crippen molar-refractivity contribution in [2.24, 2.45) is 0 Å². The molecule has 0 aliphatic heterocycles. The number of anilines is 5. The van der Waals surface area contributed by atoms with Crippen LogP contribution in [0.2, 0.25) is 0 Å². The first-order valence-corrected chi connectivity index (χ1v) is 8.98. The molecule has 4 N–H and O–H groups in total. The van der Waals surface area contributed by atoms with Crippen molar-refractivity contribution in [1.29, 1.82) is 0 Å². The summed E-state index contributed by atoms with van der Waals surface area (Å²) in [6.45, 7) is 4.32. The van der Waals surface area contributed by atoms with Crippen molar-refractivity contribution < 1.29 is 9.47 Å². The van der Waals surface area contributed by atoms with Gasteiger partial charge in [-0.1, -0.05) is 26.0 Å². The third-order valence-electron chi connectivity index (χ3n) is 4.38. The molecule has 2 aromatic carbocycles. The topological polar surface area (TPSA) is 94.3 Å². The molecule has 146 valence electrons. The van der Waals surface area contributed by atoms with Gasteiger partial charge in [-0.3, -0.25) is 0 Å². The van der Waals surface area contributed by atoms with Gasteiger partial charge in [-0.15, -0.1) is 0 Å². The van der Waals surface area contributed by atoms with Gasteiger partial charge in [0.2, 0.25) is 0 Å². The minimum Gasteiger partial charge on any atom is -0.497 e. The highest BCUT2D eigenvalue weighted by Gasteiger charge is 2.12. The van der Waals surface area contributed by atoms with Crippen LogP contribution in [0.15, 0.2) is 48.8 Å². The molecule has 3 aromatic rings. The van der Waals surface area contributed by atoms with Gasteiger partial charge in [0.05, 0.1) is 19.9 Å². The van der Waals surface area contributed by atoms with Gasteiger partial charge in [0.15, 0.2) is 11.6 Å². The summed E-state index contributed by atoms with van der Waals surface area (Å²) in [5.74, 6) is 2.82. The van der Waals surface area contributed by atoms with Gasteiger partial charge in [-0.2, -0.15) is 0 Å². The fraction of sp³-hybridized carbons (Fsp3) is 0.238. The highest BCUT2D eigenvalue weighted by atomic mass is 16.5. The molecule has 0 amide bonds. The number of hydrogen-bond donors (Lipinski definition) is 3. The summed E-state index contributed by atoms with van der Waals surface area (Å²) in [7, 11) is 3.21. The summed E-state index contributed by atoms with van der Waals surface area (Å²) in [5, 5.41) is 6.44. The Morgan fingerprint density at radius 1 is 0.893 bits per heavy atom. The van der Waals surface area contributed by atoms with E-state index in [2.05, 4.69) is 46.6 Å². The maximum absolute atomic E-state index is 6.30. The lowest BCUT2D eigenvalue weighted by Crippen LogP contribution is -2.06. The largest absolute Gasteiger partial charge is 0.497 e. The zero-order valence-electron chi connectivity index (χ0n) is 16.5. The van der Waals surface area contributed by atoms with Gasteiger partial charge in [0.25, 0.3) is 0 Å². The Bertz CT molecular complexity index is 942. The number of nitrogen functional groups attached to an aromatic ring is 1. The van der Waals surface area contributed by atoms with Crippen LogP contribution in [0.3, 0.4) is 0 Å². The van der Waals surface area contributed by atoms with Crippen LogP contribution in [0.4, 0.5) is 28.7 Å². The van der Waals surface area contributed by atoms with Crippen LogP contribution < -0.4 is 25.8 Å². The molecule has 1 heterocycles. The number of rotatable bonds is 7. The molecule has 7 nitrogen and oxygen atoms in total. The van der Waals surface area contributed by atoms with Gasteiger partial charge in [0, 0.05) is 11.8 Å². The average molecular weight is 379 g/mol. The molecule has 0 saturated heterocycles. The summed E-state index contributed by atoms with van der Waals surface area (Å²) in [6.07, 6.45) is 1.45. The van der Waals surface area contributed by atoms with Gasteiger partial charge < -0.3 is 25.8 Å². The SMILES string of the molecule is COc1ccc(OC)c(Nc2ncnc(Nc3ccc(C(C)C)cc3)c2N)c1. The molecule has 1 aromatic heterocycles. The Labute approximate surface area is 164 Å². The number of methoxy groups -OCH3 is 2. The van der Waals surface area contributed by atoms with Crippen molar-refractivity contribution >= 4 is 28.7 Å². The second-order valence-corrected chi connectivity index (χ2v) is 6.58. The second-order valence-electron chi connectivity index (χ2n) is 6.58. The molecule has 0 atom stereocenters. The Morgan fingerprint density at radius 3 is 2.18 bits per heavy atom. The predicted molar refractivity (Wildman–Crippen MR) is 113 cm³/mol. The van der Waals surface area contributed by atoms with Gasteiger partial charge in [-0.05, 0) is 35.7 Å². The van der Waals surface area contributed by atoms with Gasteiger partial charge in [-0.25, -0.2) is 9.97 Å². The number of nitrogens with one attached hydrogen (secondary N) is 2. The summed E-state index contributed by atoms with van der Waals surface area (Å²) < 4.78 is 10.7. The molecule has 7 heteroatoms. The molecule has 0 aliphatic carbocycles.